The van der Waals surface area contributed by atoms with E-state index in [2.05, 4.69) is 15.3 Å². The number of aromatic nitrogens is 2. The summed E-state index contributed by atoms with van der Waals surface area (Å²) in [4.78, 5) is 8.56. The van der Waals surface area contributed by atoms with Gasteiger partial charge >= 0.3 is 0 Å². The second-order valence-corrected chi connectivity index (χ2v) is 6.21. The summed E-state index contributed by atoms with van der Waals surface area (Å²) in [6, 6.07) is 8.00. The molecule has 0 spiro atoms. The lowest BCUT2D eigenvalue weighted by molar-refractivity contribution is 0.0274. The van der Waals surface area contributed by atoms with Gasteiger partial charge in [0.2, 0.25) is 0 Å². The molecule has 0 aliphatic carbocycles. The van der Waals surface area contributed by atoms with E-state index >= 15 is 0 Å². The number of hydrogen-bond acceptors (Lipinski definition) is 6. The lowest BCUT2D eigenvalue weighted by Crippen LogP contribution is -2.32. The van der Waals surface area contributed by atoms with Gasteiger partial charge in [-0.1, -0.05) is 11.6 Å². The Morgan fingerprint density at radius 2 is 2.15 bits per heavy atom. The first-order chi connectivity index (χ1) is 12.6. The highest BCUT2D eigenvalue weighted by molar-refractivity contribution is 6.31. The maximum atomic E-state index is 13.4. The minimum absolute atomic E-state index is 0.0323. The highest BCUT2D eigenvalue weighted by Crippen LogP contribution is 2.37. The van der Waals surface area contributed by atoms with E-state index in [1.54, 1.807) is 19.2 Å². The van der Waals surface area contributed by atoms with E-state index in [0.29, 0.717) is 41.7 Å². The zero-order valence-electron chi connectivity index (χ0n) is 13.8. The summed E-state index contributed by atoms with van der Waals surface area (Å²) in [5.74, 6) is 1.30. The molecule has 3 aromatic rings. The first kappa shape index (κ1) is 16.8. The van der Waals surface area contributed by atoms with E-state index in [-0.39, 0.29) is 11.1 Å². The van der Waals surface area contributed by atoms with Crippen LogP contribution in [0.3, 0.4) is 0 Å². The topological polar surface area (TPSA) is 65.5 Å². The van der Waals surface area contributed by atoms with E-state index in [1.807, 2.05) is 6.07 Å². The maximum Gasteiger partial charge on any atom is 0.163 e. The number of ether oxygens (including phenoxy) is 3. The predicted octanol–water partition coefficient (Wildman–Crippen LogP) is 3.95. The number of anilines is 2. The van der Waals surface area contributed by atoms with Gasteiger partial charge in [-0.3, -0.25) is 0 Å². The van der Waals surface area contributed by atoms with Gasteiger partial charge in [0.05, 0.1) is 17.1 Å². The minimum Gasteiger partial charge on any atom is -0.486 e. The third-order valence-electron chi connectivity index (χ3n) is 3.95. The molecule has 0 bridgehead atoms. The third kappa shape index (κ3) is 3.23. The third-order valence-corrected chi connectivity index (χ3v) is 4.24. The number of benzene rings is 2. The van der Waals surface area contributed by atoms with Crippen molar-refractivity contribution in [2.45, 2.75) is 6.10 Å². The van der Waals surface area contributed by atoms with Crippen LogP contribution < -0.4 is 14.8 Å². The van der Waals surface area contributed by atoms with Crippen LogP contribution >= 0.6 is 11.6 Å². The monoisotopic (exact) mass is 375 g/mol. The van der Waals surface area contributed by atoms with Gasteiger partial charge in [0, 0.05) is 24.2 Å². The van der Waals surface area contributed by atoms with Crippen molar-refractivity contribution in [2.24, 2.45) is 0 Å². The van der Waals surface area contributed by atoms with Crippen LogP contribution in [-0.4, -0.2) is 36.4 Å². The summed E-state index contributed by atoms with van der Waals surface area (Å²) in [5, 5.41) is 3.91. The molecule has 26 heavy (non-hydrogen) atoms. The molecule has 1 atom stereocenters. The number of halogens is 2. The van der Waals surface area contributed by atoms with Crippen LogP contribution in [0.1, 0.15) is 0 Å². The first-order valence-corrected chi connectivity index (χ1v) is 8.31. The van der Waals surface area contributed by atoms with Crippen molar-refractivity contribution in [3.8, 4) is 11.5 Å². The quantitative estimate of drug-likeness (QED) is 0.744. The molecule has 0 fully saturated rings. The van der Waals surface area contributed by atoms with Gasteiger partial charge in [-0.15, -0.1) is 0 Å². The van der Waals surface area contributed by atoms with Crippen LogP contribution in [0, 0.1) is 5.82 Å². The SMILES string of the molecule is COCC1COc2cc3ncnc(Nc4ccc(F)c(Cl)c4)c3cc2O1. The summed E-state index contributed by atoms with van der Waals surface area (Å²) in [6.07, 6.45) is 1.27. The maximum absolute atomic E-state index is 13.4. The zero-order valence-corrected chi connectivity index (χ0v) is 14.6. The van der Waals surface area contributed by atoms with Gasteiger partial charge in [0.15, 0.2) is 17.6 Å². The van der Waals surface area contributed by atoms with Gasteiger partial charge in [-0.25, -0.2) is 14.4 Å². The number of nitrogens with one attached hydrogen (secondary N) is 1. The summed E-state index contributed by atoms with van der Waals surface area (Å²) in [6.45, 7) is 0.846. The normalized spacial score (nSPS) is 15.9. The van der Waals surface area contributed by atoms with E-state index in [9.17, 15) is 4.39 Å². The lowest BCUT2D eigenvalue weighted by Gasteiger charge is -2.26. The molecule has 2 heterocycles. The van der Waals surface area contributed by atoms with Gasteiger partial charge < -0.3 is 19.5 Å². The molecule has 1 aliphatic rings. The highest BCUT2D eigenvalue weighted by atomic mass is 35.5. The van der Waals surface area contributed by atoms with Gasteiger partial charge in [-0.2, -0.15) is 0 Å². The Balaban J connectivity index is 1.71. The molecule has 6 nitrogen and oxygen atoms in total. The van der Waals surface area contributed by atoms with Crippen molar-refractivity contribution in [3.05, 3.63) is 47.5 Å². The van der Waals surface area contributed by atoms with Crippen molar-refractivity contribution in [2.75, 3.05) is 25.6 Å². The summed E-state index contributed by atoms with van der Waals surface area (Å²) in [7, 11) is 1.61. The molecule has 1 unspecified atom stereocenters. The molecular formula is C18H15ClFN3O3. The molecule has 1 N–H and O–H groups in total. The Morgan fingerprint density at radius 1 is 1.27 bits per heavy atom. The summed E-state index contributed by atoms with van der Waals surface area (Å²) in [5.41, 5.74) is 1.31. The van der Waals surface area contributed by atoms with Crippen LogP contribution in [0.2, 0.25) is 5.02 Å². The fourth-order valence-corrected chi connectivity index (χ4v) is 2.92. The lowest BCUT2D eigenvalue weighted by atomic mass is 10.2. The van der Waals surface area contributed by atoms with E-state index in [4.69, 9.17) is 25.8 Å². The Morgan fingerprint density at radius 3 is 2.96 bits per heavy atom. The number of fused-ring (bicyclic) bond motifs is 2. The van der Waals surface area contributed by atoms with Crippen LogP contribution in [0.15, 0.2) is 36.7 Å². The molecule has 4 rings (SSSR count). The largest absolute Gasteiger partial charge is 0.486 e. The molecule has 2 aromatic carbocycles. The molecule has 8 heteroatoms. The van der Waals surface area contributed by atoms with E-state index < -0.39 is 5.82 Å². The standard InChI is InChI=1S/C18H15ClFN3O3/c1-24-7-11-8-25-16-6-15-12(5-17(16)26-11)18(22-9-21-15)23-10-2-3-14(20)13(19)4-10/h2-6,9,11H,7-8H2,1H3,(H,21,22,23). The Hall–Kier alpha value is -2.64. The van der Waals surface area contributed by atoms with Crippen molar-refractivity contribution in [1.82, 2.24) is 9.97 Å². The average molecular weight is 376 g/mol. The van der Waals surface area contributed by atoms with Crippen molar-refractivity contribution < 1.29 is 18.6 Å². The predicted molar refractivity (Wildman–Crippen MR) is 96.0 cm³/mol. The summed E-state index contributed by atoms with van der Waals surface area (Å²) < 4.78 is 30.1. The molecule has 0 amide bonds. The van der Waals surface area contributed by atoms with Crippen molar-refractivity contribution in [3.63, 3.8) is 0 Å². The Labute approximate surface area is 153 Å². The Bertz CT molecular complexity index is 970. The zero-order chi connectivity index (χ0) is 18.1. The second kappa shape index (κ2) is 6.93. The number of rotatable bonds is 4. The van der Waals surface area contributed by atoms with E-state index in [1.165, 1.54) is 18.5 Å². The van der Waals surface area contributed by atoms with Crippen molar-refractivity contribution >= 4 is 34.0 Å². The fraction of sp³-hybridized carbons (Fsp3) is 0.222. The summed E-state index contributed by atoms with van der Waals surface area (Å²) >= 11 is 5.84. The van der Waals surface area contributed by atoms with Gasteiger partial charge in [0.1, 0.15) is 24.6 Å². The molecule has 0 radical (unpaired) electrons. The van der Waals surface area contributed by atoms with Crippen LogP contribution in [0.5, 0.6) is 11.5 Å². The van der Waals surface area contributed by atoms with Crippen molar-refractivity contribution in [1.29, 1.82) is 0 Å². The molecular weight excluding hydrogens is 361 g/mol. The molecule has 0 saturated carbocycles. The van der Waals surface area contributed by atoms with Crippen LogP contribution in [0.25, 0.3) is 10.9 Å². The molecule has 0 saturated heterocycles. The first-order valence-electron chi connectivity index (χ1n) is 7.93. The van der Waals surface area contributed by atoms with Crippen LogP contribution in [-0.2, 0) is 4.74 Å². The highest BCUT2D eigenvalue weighted by Gasteiger charge is 2.22. The van der Waals surface area contributed by atoms with Gasteiger partial charge in [0.25, 0.3) is 0 Å². The smallest absolute Gasteiger partial charge is 0.163 e. The minimum atomic E-state index is -0.478. The molecule has 134 valence electrons. The number of methoxy groups -OCH3 is 1. The Kier molecular flexibility index (Phi) is 4.48. The number of hydrogen-bond donors (Lipinski definition) is 1. The fourth-order valence-electron chi connectivity index (χ4n) is 2.74. The average Bonchev–Trinajstić information content (AvgIpc) is 2.64. The van der Waals surface area contributed by atoms with Crippen LogP contribution in [0.4, 0.5) is 15.9 Å². The molecule has 1 aliphatic heterocycles. The second-order valence-electron chi connectivity index (χ2n) is 5.80. The molecule has 1 aromatic heterocycles. The van der Waals surface area contributed by atoms with Gasteiger partial charge in [-0.05, 0) is 24.3 Å². The van der Waals surface area contributed by atoms with E-state index in [0.717, 1.165) is 5.39 Å². The number of nitrogens with zero attached hydrogens (tertiary/aromatic N) is 2.